The number of hydrogen-bond acceptors (Lipinski definition) is 4. The van der Waals surface area contributed by atoms with Gasteiger partial charge in [-0.1, -0.05) is 0 Å². The Balaban J connectivity index is 1.47. The minimum Gasteiger partial charge on any atom is -0.368 e. The molecule has 0 unspecified atom stereocenters. The third kappa shape index (κ3) is 4.62. The summed E-state index contributed by atoms with van der Waals surface area (Å²) in [5.41, 5.74) is 1.25. The first-order chi connectivity index (χ1) is 13.8. The molecule has 6 nitrogen and oxygen atoms in total. The smallest absolute Gasteiger partial charge is 0.255 e. The van der Waals surface area contributed by atoms with E-state index in [9.17, 15) is 17.6 Å². The van der Waals surface area contributed by atoms with E-state index in [0.29, 0.717) is 36.2 Å². The summed E-state index contributed by atoms with van der Waals surface area (Å²) in [5, 5.41) is 0. The van der Waals surface area contributed by atoms with Crippen molar-refractivity contribution in [3.8, 4) is 0 Å². The fourth-order valence-electron chi connectivity index (χ4n) is 3.31. The lowest BCUT2D eigenvalue weighted by Crippen LogP contribution is -2.48. The van der Waals surface area contributed by atoms with Crippen molar-refractivity contribution in [3.63, 3.8) is 0 Å². The Bertz CT molecular complexity index is 1020. The lowest BCUT2D eigenvalue weighted by molar-refractivity contribution is 0.0745. The molecule has 1 aliphatic carbocycles. The van der Waals surface area contributed by atoms with E-state index in [2.05, 4.69) is 25.6 Å². The number of carbonyl (C=O) groups is 1. The molecule has 1 amide bonds. The number of hydrogen-bond donors (Lipinski definition) is 1. The van der Waals surface area contributed by atoms with Gasteiger partial charge < -0.3 is 9.80 Å². The molecular formula is C20H21BrFN3O3S. The number of carbonyl (C=O) groups excluding carboxylic acids is 1. The van der Waals surface area contributed by atoms with E-state index in [-0.39, 0.29) is 22.7 Å². The molecule has 2 aliphatic rings. The van der Waals surface area contributed by atoms with Crippen LogP contribution in [0.4, 0.5) is 10.1 Å². The lowest BCUT2D eigenvalue weighted by atomic mass is 10.1. The van der Waals surface area contributed by atoms with Crippen molar-refractivity contribution in [2.75, 3.05) is 31.1 Å². The van der Waals surface area contributed by atoms with E-state index < -0.39 is 10.0 Å². The molecule has 0 radical (unpaired) electrons. The molecule has 154 valence electrons. The monoisotopic (exact) mass is 481 g/mol. The van der Waals surface area contributed by atoms with E-state index in [4.69, 9.17) is 0 Å². The van der Waals surface area contributed by atoms with Gasteiger partial charge in [-0.15, -0.1) is 0 Å². The molecule has 2 aromatic rings. The minimum atomic E-state index is -3.63. The molecule has 0 atom stereocenters. The molecule has 1 aliphatic heterocycles. The van der Waals surface area contributed by atoms with Crippen molar-refractivity contribution >= 4 is 37.5 Å². The molecule has 0 bridgehead atoms. The van der Waals surface area contributed by atoms with Gasteiger partial charge >= 0.3 is 0 Å². The van der Waals surface area contributed by atoms with E-state index in [1.807, 2.05) is 0 Å². The van der Waals surface area contributed by atoms with Crippen LogP contribution in [0.5, 0.6) is 0 Å². The van der Waals surface area contributed by atoms with Crippen molar-refractivity contribution in [2.24, 2.45) is 0 Å². The van der Waals surface area contributed by atoms with Gasteiger partial charge in [0, 0.05) is 42.4 Å². The van der Waals surface area contributed by atoms with Crippen LogP contribution in [-0.2, 0) is 10.0 Å². The van der Waals surface area contributed by atoms with Gasteiger partial charge in [-0.05, 0) is 71.2 Å². The Hall–Kier alpha value is -1.97. The third-order valence-electron chi connectivity index (χ3n) is 5.14. The summed E-state index contributed by atoms with van der Waals surface area (Å²) in [6.07, 6.45) is 1.69. The number of rotatable bonds is 5. The Morgan fingerprint density at radius 1 is 1.03 bits per heavy atom. The van der Waals surface area contributed by atoms with Crippen LogP contribution in [0.1, 0.15) is 23.2 Å². The van der Waals surface area contributed by atoms with Gasteiger partial charge in [-0.3, -0.25) is 4.79 Å². The van der Waals surface area contributed by atoms with Crippen LogP contribution in [-0.4, -0.2) is 51.4 Å². The van der Waals surface area contributed by atoms with Crippen LogP contribution in [0.2, 0.25) is 0 Å². The van der Waals surface area contributed by atoms with E-state index in [0.717, 1.165) is 18.5 Å². The van der Waals surface area contributed by atoms with Gasteiger partial charge in [0.15, 0.2) is 0 Å². The van der Waals surface area contributed by atoms with Gasteiger partial charge in [-0.2, -0.15) is 0 Å². The predicted octanol–water partition coefficient (Wildman–Crippen LogP) is 2.99. The molecule has 0 spiro atoms. The maximum absolute atomic E-state index is 13.1. The highest BCUT2D eigenvalue weighted by Crippen LogP contribution is 2.26. The summed E-state index contributed by atoms with van der Waals surface area (Å²) < 4.78 is 41.3. The maximum Gasteiger partial charge on any atom is 0.255 e. The van der Waals surface area contributed by atoms with Gasteiger partial charge in [-0.25, -0.2) is 17.5 Å². The Morgan fingerprint density at radius 3 is 2.31 bits per heavy atom. The van der Waals surface area contributed by atoms with Crippen LogP contribution < -0.4 is 9.62 Å². The van der Waals surface area contributed by atoms with Crippen molar-refractivity contribution < 1.29 is 17.6 Å². The first kappa shape index (κ1) is 20.3. The van der Waals surface area contributed by atoms with E-state index in [1.165, 1.54) is 24.3 Å². The summed E-state index contributed by atoms with van der Waals surface area (Å²) >= 11 is 3.37. The summed E-state index contributed by atoms with van der Waals surface area (Å²) in [7, 11) is -3.63. The first-order valence-corrected chi connectivity index (χ1v) is 11.7. The zero-order chi connectivity index (χ0) is 20.6. The SMILES string of the molecule is O=C(c1cc(S(=O)(=O)NC2CC2)ccc1Br)N1CCN(c2ccc(F)cc2)CC1. The molecule has 4 rings (SSSR count). The van der Waals surface area contributed by atoms with Gasteiger partial charge in [0.2, 0.25) is 10.0 Å². The van der Waals surface area contributed by atoms with Crippen molar-refractivity contribution in [1.29, 1.82) is 0 Å². The summed E-state index contributed by atoms with van der Waals surface area (Å²) in [6, 6.07) is 10.8. The molecule has 2 aromatic carbocycles. The zero-order valence-electron chi connectivity index (χ0n) is 15.6. The highest BCUT2D eigenvalue weighted by Gasteiger charge is 2.29. The predicted molar refractivity (Wildman–Crippen MR) is 112 cm³/mol. The number of piperazine rings is 1. The second-order valence-corrected chi connectivity index (χ2v) is 9.86. The van der Waals surface area contributed by atoms with Gasteiger partial charge in [0.25, 0.3) is 5.91 Å². The molecule has 2 fully saturated rings. The maximum atomic E-state index is 13.1. The average Bonchev–Trinajstić information content (AvgIpc) is 3.52. The first-order valence-electron chi connectivity index (χ1n) is 9.45. The molecule has 29 heavy (non-hydrogen) atoms. The Kier molecular flexibility index (Phi) is 5.63. The quantitative estimate of drug-likeness (QED) is 0.712. The third-order valence-corrected chi connectivity index (χ3v) is 7.35. The number of amides is 1. The van der Waals surface area contributed by atoms with Gasteiger partial charge in [0.1, 0.15) is 5.82 Å². The second-order valence-electron chi connectivity index (χ2n) is 7.29. The normalized spacial score (nSPS) is 17.4. The standard InChI is InChI=1S/C20H21BrFN3O3S/c21-19-8-7-17(29(27,28)23-15-3-4-15)13-18(19)20(26)25-11-9-24(10-12-25)16-5-1-14(22)2-6-16/h1-2,5-8,13,15,23H,3-4,9-12H2. The Morgan fingerprint density at radius 2 is 1.69 bits per heavy atom. The van der Waals surface area contributed by atoms with Gasteiger partial charge in [0.05, 0.1) is 10.5 Å². The van der Waals surface area contributed by atoms with Crippen LogP contribution >= 0.6 is 15.9 Å². The summed E-state index contributed by atoms with van der Waals surface area (Å²) in [6.45, 7) is 2.24. The number of anilines is 1. The molecule has 1 heterocycles. The van der Waals surface area contributed by atoms with E-state index in [1.54, 1.807) is 23.1 Å². The minimum absolute atomic E-state index is 0.00216. The summed E-state index contributed by atoms with van der Waals surface area (Å²) in [5.74, 6) is -0.488. The second kappa shape index (κ2) is 8.04. The van der Waals surface area contributed by atoms with Crippen molar-refractivity contribution in [2.45, 2.75) is 23.8 Å². The number of nitrogens with one attached hydrogen (secondary N) is 1. The number of nitrogens with zero attached hydrogens (tertiary/aromatic N) is 2. The molecular weight excluding hydrogens is 461 g/mol. The highest BCUT2D eigenvalue weighted by molar-refractivity contribution is 9.10. The lowest BCUT2D eigenvalue weighted by Gasteiger charge is -2.36. The Labute approximate surface area is 177 Å². The molecule has 1 saturated carbocycles. The molecule has 9 heteroatoms. The molecule has 1 saturated heterocycles. The van der Waals surface area contributed by atoms with Crippen molar-refractivity contribution in [3.05, 3.63) is 58.3 Å². The van der Waals surface area contributed by atoms with Crippen LogP contribution in [0.25, 0.3) is 0 Å². The summed E-state index contributed by atoms with van der Waals surface area (Å²) in [4.78, 5) is 16.9. The van der Waals surface area contributed by atoms with Crippen LogP contribution in [0.15, 0.2) is 51.8 Å². The van der Waals surface area contributed by atoms with E-state index >= 15 is 0 Å². The topological polar surface area (TPSA) is 69.7 Å². The molecule has 0 aromatic heterocycles. The number of halogens is 2. The van der Waals surface area contributed by atoms with Crippen LogP contribution in [0.3, 0.4) is 0 Å². The highest BCUT2D eigenvalue weighted by atomic mass is 79.9. The fourth-order valence-corrected chi connectivity index (χ4v) is 5.06. The molecule has 1 N–H and O–H groups in total. The number of benzene rings is 2. The number of sulfonamides is 1. The largest absolute Gasteiger partial charge is 0.368 e. The van der Waals surface area contributed by atoms with Crippen LogP contribution in [0, 0.1) is 5.82 Å². The zero-order valence-corrected chi connectivity index (χ0v) is 18.0. The van der Waals surface area contributed by atoms with Crippen molar-refractivity contribution in [1.82, 2.24) is 9.62 Å². The average molecular weight is 482 g/mol. The fraction of sp³-hybridized carbons (Fsp3) is 0.350.